The lowest BCUT2D eigenvalue weighted by atomic mass is 9.91. The first-order chi connectivity index (χ1) is 8.42. The number of hydrogen-bond donors (Lipinski definition) is 1. The van der Waals surface area contributed by atoms with Gasteiger partial charge < -0.3 is 5.32 Å². The van der Waals surface area contributed by atoms with Crippen LogP contribution in [-0.4, -0.2) is 13.1 Å². The second-order valence-electron chi connectivity index (χ2n) is 5.10. The third kappa shape index (κ3) is 2.50. The highest BCUT2D eigenvalue weighted by molar-refractivity contribution is 5.82. The number of benzene rings is 2. The van der Waals surface area contributed by atoms with Crippen LogP contribution in [0.2, 0.25) is 0 Å². The van der Waals surface area contributed by atoms with Crippen LogP contribution in [0.3, 0.4) is 0 Å². The molecule has 1 atom stereocenters. The molecule has 88 valence electrons. The molecule has 1 fully saturated rings. The zero-order valence-corrected chi connectivity index (χ0v) is 10.2. The Morgan fingerprint density at radius 2 is 1.94 bits per heavy atom. The van der Waals surface area contributed by atoms with Gasteiger partial charge in [0.15, 0.2) is 0 Å². The van der Waals surface area contributed by atoms with Gasteiger partial charge in [0.2, 0.25) is 0 Å². The molecule has 0 aromatic heterocycles. The molecule has 0 aliphatic carbocycles. The van der Waals surface area contributed by atoms with Crippen molar-refractivity contribution in [3.05, 3.63) is 48.0 Å². The molecule has 0 amide bonds. The first kappa shape index (κ1) is 10.8. The van der Waals surface area contributed by atoms with E-state index in [-0.39, 0.29) is 0 Å². The Bertz CT molecular complexity index is 498. The van der Waals surface area contributed by atoms with Gasteiger partial charge in [-0.25, -0.2) is 0 Å². The van der Waals surface area contributed by atoms with E-state index in [1.807, 2.05) is 0 Å². The Balaban J connectivity index is 1.80. The standard InChI is InChI=1S/C16H19N/c1-2-6-16-11-13(7-8-15(16)5-1)10-14-4-3-9-17-12-14/h1-2,5-8,11,14,17H,3-4,9-10,12H2/t14-/m1/s1. The Labute approximate surface area is 103 Å². The summed E-state index contributed by atoms with van der Waals surface area (Å²) in [4.78, 5) is 0. The van der Waals surface area contributed by atoms with Crippen LogP contribution in [0.4, 0.5) is 0 Å². The van der Waals surface area contributed by atoms with Gasteiger partial charge in [0.25, 0.3) is 0 Å². The monoisotopic (exact) mass is 225 g/mol. The summed E-state index contributed by atoms with van der Waals surface area (Å²) < 4.78 is 0. The van der Waals surface area contributed by atoms with Gasteiger partial charge in [-0.2, -0.15) is 0 Å². The smallest absolute Gasteiger partial charge is 0.00173 e. The van der Waals surface area contributed by atoms with E-state index in [1.165, 1.54) is 48.7 Å². The molecule has 2 aromatic rings. The van der Waals surface area contributed by atoms with E-state index in [9.17, 15) is 0 Å². The van der Waals surface area contributed by atoms with Gasteiger partial charge in [-0.05, 0) is 54.6 Å². The highest BCUT2D eigenvalue weighted by Gasteiger charge is 2.13. The highest BCUT2D eigenvalue weighted by Crippen LogP contribution is 2.20. The molecule has 1 aliphatic rings. The van der Waals surface area contributed by atoms with Gasteiger partial charge in [-0.3, -0.25) is 0 Å². The van der Waals surface area contributed by atoms with E-state index < -0.39 is 0 Å². The van der Waals surface area contributed by atoms with E-state index >= 15 is 0 Å². The average Bonchev–Trinajstić information content (AvgIpc) is 2.40. The van der Waals surface area contributed by atoms with Crippen molar-refractivity contribution in [1.82, 2.24) is 5.32 Å². The quantitative estimate of drug-likeness (QED) is 0.826. The third-order valence-electron chi connectivity index (χ3n) is 3.74. The maximum Gasteiger partial charge on any atom is -0.00173 e. The van der Waals surface area contributed by atoms with E-state index in [4.69, 9.17) is 0 Å². The lowest BCUT2D eigenvalue weighted by Gasteiger charge is -2.22. The van der Waals surface area contributed by atoms with E-state index in [0.717, 1.165) is 5.92 Å². The fourth-order valence-corrected chi connectivity index (χ4v) is 2.80. The first-order valence-corrected chi connectivity index (χ1v) is 6.60. The molecule has 0 saturated carbocycles. The molecule has 0 unspecified atom stereocenters. The van der Waals surface area contributed by atoms with Gasteiger partial charge in [0, 0.05) is 0 Å². The molecule has 3 rings (SSSR count). The van der Waals surface area contributed by atoms with E-state index in [1.54, 1.807) is 0 Å². The lowest BCUT2D eigenvalue weighted by Crippen LogP contribution is -2.30. The predicted octanol–water partition coefficient (Wildman–Crippen LogP) is 3.38. The maximum absolute atomic E-state index is 3.49. The second-order valence-corrected chi connectivity index (χ2v) is 5.10. The highest BCUT2D eigenvalue weighted by atomic mass is 14.9. The fraction of sp³-hybridized carbons (Fsp3) is 0.375. The maximum atomic E-state index is 3.49. The molecular weight excluding hydrogens is 206 g/mol. The molecule has 0 spiro atoms. The molecule has 1 heteroatoms. The second kappa shape index (κ2) is 4.89. The summed E-state index contributed by atoms with van der Waals surface area (Å²) in [5.74, 6) is 0.824. The van der Waals surface area contributed by atoms with Gasteiger partial charge in [0.05, 0.1) is 0 Å². The molecule has 1 heterocycles. The number of rotatable bonds is 2. The lowest BCUT2D eigenvalue weighted by molar-refractivity contribution is 0.376. The SMILES string of the molecule is c1ccc2cc(C[C@H]3CCCNC3)ccc2c1. The predicted molar refractivity (Wildman–Crippen MR) is 73.2 cm³/mol. The number of nitrogens with one attached hydrogen (secondary N) is 1. The Morgan fingerprint density at radius 3 is 2.76 bits per heavy atom. The normalized spacial score (nSPS) is 20.6. The zero-order chi connectivity index (χ0) is 11.5. The molecule has 0 bridgehead atoms. The third-order valence-corrected chi connectivity index (χ3v) is 3.74. The van der Waals surface area contributed by atoms with Gasteiger partial charge in [-0.15, -0.1) is 0 Å². The van der Waals surface area contributed by atoms with E-state index in [2.05, 4.69) is 47.8 Å². The fourth-order valence-electron chi connectivity index (χ4n) is 2.80. The Morgan fingerprint density at radius 1 is 1.06 bits per heavy atom. The van der Waals surface area contributed by atoms with Crippen LogP contribution in [0.25, 0.3) is 10.8 Å². The van der Waals surface area contributed by atoms with Crippen molar-refractivity contribution in [1.29, 1.82) is 0 Å². The van der Waals surface area contributed by atoms with Crippen molar-refractivity contribution in [3.8, 4) is 0 Å². The summed E-state index contributed by atoms with van der Waals surface area (Å²) >= 11 is 0. The van der Waals surface area contributed by atoms with Crippen LogP contribution >= 0.6 is 0 Å². The molecule has 1 aliphatic heterocycles. The molecule has 17 heavy (non-hydrogen) atoms. The Kier molecular flexibility index (Phi) is 3.10. The van der Waals surface area contributed by atoms with Crippen LogP contribution < -0.4 is 5.32 Å². The molecule has 2 aromatic carbocycles. The minimum absolute atomic E-state index is 0.824. The Hall–Kier alpha value is -1.34. The van der Waals surface area contributed by atoms with Crippen LogP contribution in [0.1, 0.15) is 18.4 Å². The summed E-state index contributed by atoms with van der Waals surface area (Å²) in [6, 6.07) is 15.5. The minimum atomic E-state index is 0.824. The number of fused-ring (bicyclic) bond motifs is 1. The molecule has 1 nitrogen and oxygen atoms in total. The number of piperidine rings is 1. The largest absolute Gasteiger partial charge is 0.316 e. The van der Waals surface area contributed by atoms with Gasteiger partial charge >= 0.3 is 0 Å². The van der Waals surface area contributed by atoms with Crippen LogP contribution in [-0.2, 0) is 6.42 Å². The van der Waals surface area contributed by atoms with Gasteiger partial charge in [0.1, 0.15) is 0 Å². The van der Waals surface area contributed by atoms with Crippen molar-refractivity contribution in [3.63, 3.8) is 0 Å². The average molecular weight is 225 g/mol. The van der Waals surface area contributed by atoms with Gasteiger partial charge in [-0.1, -0.05) is 42.5 Å². The van der Waals surface area contributed by atoms with Crippen molar-refractivity contribution in [2.24, 2.45) is 5.92 Å². The first-order valence-electron chi connectivity index (χ1n) is 6.60. The van der Waals surface area contributed by atoms with Crippen molar-refractivity contribution >= 4 is 10.8 Å². The minimum Gasteiger partial charge on any atom is -0.316 e. The van der Waals surface area contributed by atoms with Crippen LogP contribution in [0.5, 0.6) is 0 Å². The summed E-state index contributed by atoms with van der Waals surface area (Å²) in [7, 11) is 0. The topological polar surface area (TPSA) is 12.0 Å². The van der Waals surface area contributed by atoms with Crippen LogP contribution in [0, 0.1) is 5.92 Å². The number of hydrogen-bond acceptors (Lipinski definition) is 1. The van der Waals surface area contributed by atoms with Crippen molar-refractivity contribution < 1.29 is 0 Å². The van der Waals surface area contributed by atoms with Crippen molar-refractivity contribution in [2.75, 3.05) is 13.1 Å². The molecule has 0 radical (unpaired) electrons. The zero-order valence-electron chi connectivity index (χ0n) is 10.2. The van der Waals surface area contributed by atoms with Crippen molar-refractivity contribution in [2.45, 2.75) is 19.3 Å². The summed E-state index contributed by atoms with van der Waals surface area (Å²) in [6.07, 6.45) is 3.93. The summed E-state index contributed by atoms with van der Waals surface area (Å²) in [5, 5.41) is 6.21. The summed E-state index contributed by atoms with van der Waals surface area (Å²) in [6.45, 7) is 2.39. The molecule has 1 N–H and O–H groups in total. The van der Waals surface area contributed by atoms with Crippen LogP contribution in [0.15, 0.2) is 42.5 Å². The molecule has 1 saturated heterocycles. The summed E-state index contributed by atoms with van der Waals surface area (Å²) in [5.41, 5.74) is 1.48. The van der Waals surface area contributed by atoms with E-state index in [0.29, 0.717) is 0 Å². The molecular formula is C16H19N.